The monoisotopic (exact) mass is 284 g/mol. The number of hydrogen-bond donors (Lipinski definition) is 1. The lowest BCUT2D eigenvalue weighted by molar-refractivity contribution is -0.0348. The van der Waals surface area contributed by atoms with Gasteiger partial charge in [-0.3, -0.25) is 4.90 Å². The van der Waals surface area contributed by atoms with Crippen molar-refractivity contribution in [3.05, 3.63) is 0 Å². The fourth-order valence-corrected chi connectivity index (χ4v) is 5.59. The molecule has 0 aromatic heterocycles. The van der Waals surface area contributed by atoms with Gasteiger partial charge in [-0.1, -0.05) is 33.6 Å². The van der Waals surface area contributed by atoms with Crippen LogP contribution in [0.2, 0.25) is 0 Å². The van der Waals surface area contributed by atoms with Gasteiger partial charge >= 0.3 is 0 Å². The second-order valence-electron chi connectivity index (χ2n) is 6.91. The first-order valence-corrected chi connectivity index (χ1v) is 9.16. The van der Waals surface area contributed by atoms with Gasteiger partial charge < -0.3 is 5.73 Å². The zero-order chi connectivity index (χ0) is 14.0. The molecule has 3 heteroatoms. The van der Waals surface area contributed by atoms with E-state index in [1.165, 1.54) is 38.0 Å². The lowest BCUT2D eigenvalue weighted by atomic mass is 9.66. The molecule has 112 valence electrons. The number of nitrogens with two attached hydrogens (primary N) is 1. The third-order valence-corrected chi connectivity index (χ3v) is 7.02. The Morgan fingerprint density at radius 1 is 1.32 bits per heavy atom. The first-order chi connectivity index (χ1) is 9.03. The summed E-state index contributed by atoms with van der Waals surface area (Å²) in [5.41, 5.74) is 6.64. The van der Waals surface area contributed by atoms with E-state index in [2.05, 4.69) is 44.4 Å². The van der Waals surface area contributed by atoms with Gasteiger partial charge in [0.25, 0.3) is 0 Å². The van der Waals surface area contributed by atoms with E-state index in [1.54, 1.807) is 0 Å². The Bertz CT molecular complexity index is 294. The summed E-state index contributed by atoms with van der Waals surface area (Å²) in [5, 5.41) is 0.743. The van der Waals surface area contributed by atoms with Crippen LogP contribution in [0.3, 0.4) is 0 Å². The topological polar surface area (TPSA) is 29.3 Å². The first kappa shape index (κ1) is 15.7. The van der Waals surface area contributed by atoms with Crippen molar-refractivity contribution in [3.8, 4) is 0 Å². The molecule has 2 N–H and O–H groups in total. The smallest absolute Gasteiger partial charge is 0.0365 e. The van der Waals surface area contributed by atoms with Gasteiger partial charge in [-0.15, -0.1) is 0 Å². The fraction of sp³-hybridized carbons (Fsp3) is 1.00. The van der Waals surface area contributed by atoms with E-state index in [0.29, 0.717) is 6.04 Å². The van der Waals surface area contributed by atoms with Crippen LogP contribution >= 0.6 is 11.8 Å². The lowest BCUT2D eigenvalue weighted by Crippen LogP contribution is -2.66. The Morgan fingerprint density at radius 3 is 2.68 bits per heavy atom. The highest BCUT2D eigenvalue weighted by Crippen LogP contribution is 2.44. The summed E-state index contributed by atoms with van der Waals surface area (Å²) in [6.07, 6.45) is 5.45. The van der Waals surface area contributed by atoms with E-state index in [0.717, 1.165) is 23.6 Å². The maximum absolute atomic E-state index is 6.36. The number of thioether (sulfide) groups is 1. The molecule has 1 aliphatic heterocycles. The molecule has 19 heavy (non-hydrogen) atoms. The molecule has 4 atom stereocenters. The van der Waals surface area contributed by atoms with E-state index in [1.807, 2.05) is 0 Å². The van der Waals surface area contributed by atoms with Crippen molar-refractivity contribution in [2.75, 3.05) is 18.8 Å². The summed E-state index contributed by atoms with van der Waals surface area (Å²) in [6, 6.07) is 0.668. The summed E-state index contributed by atoms with van der Waals surface area (Å²) < 4.78 is 0. The quantitative estimate of drug-likeness (QED) is 0.862. The van der Waals surface area contributed by atoms with Crippen LogP contribution in [0.1, 0.15) is 53.4 Å². The van der Waals surface area contributed by atoms with Crippen LogP contribution in [0.5, 0.6) is 0 Å². The van der Waals surface area contributed by atoms with Crippen LogP contribution in [0, 0.1) is 11.8 Å². The molecule has 1 aliphatic carbocycles. The molecule has 1 saturated carbocycles. The van der Waals surface area contributed by atoms with Gasteiger partial charge in [0.1, 0.15) is 0 Å². The average Bonchev–Trinajstić information content (AvgIpc) is 2.41. The summed E-state index contributed by atoms with van der Waals surface area (Å²) in [7, 11) is 0. The predicted octanol–water partition coefficient (Wildman–Crippen LogP) is 3.36. The van der Waals surface area contributed by atoms with Crippen molar-refractivity contribution in [1.29, 1.82) is 0 Å². The molecule has 2 rings (SSSR count). The van der Waals surface area contributed by atoms with Crippen molar-refractivity contribution in [2.45, 2.75) is 70.2 Å². The zero-order valence-corrected chi connectivity index (χ0v) is 14.0. The van der Waals surface area contributed by atoms with Gasteiger partial charge in [0.2, 0.25) is 0 Å². The molecule has 0 spiro atoms. The van der Waals surface area contributed by atoms with Crippen LogP contribution in [-0.4, -0.2) is 40.6 Å². The summed E-state index contributed by atoms with van der Waals surface area (Å²) in [4.78, 5) is 2.80. The van der Waals surface area contributed by atoms with Gasteiger partial charge in [-0.25, -0.2) is 0 Å². The van der Waals surface area contributed by atoms with Gasteiger partial charge in [0.05, 0.1) is 0 Å². The molecule has 1 saturated heterocycles. The molecule has 0 radical (unpaired) electrons. The van der Waals surface area contributed by atoms with E-state index in [-0.39, 0.29) is 5.54 Å². The maximum Gasteiger partial charge on any atom is 0.0365 e. The molecule has 2 nitrogen and oxygen atoms in total. The molecule has 0 amide bonds. The third kappa shape index (κ3) is 2.84. The minimum Gasteiger partial charge on any atom is -0.329 e. The molecular formula is C16H32N2S. The highest BCUT2D eigenvalue weighted by Gasteiger charge is 2.48. The van der Waals surface area contributed by atoms with Gasteiger partial charge in [0, 0.05) is 35.7 Å². The largest absolute Gasteiger partial charge is 0.329 e. The Kier molecular flexibility index (Phi) is 5.24. The molecule has 0 aromatic rings. The van der Waals surface area contributed by atoms with Gasteiger partial charge in [-0.2, -0.15) is 11.8 Å². The Labute approximate surface area is 123 Å². The Balaban J connectivity index is 2.28. The standard InChI is InChI=1S/C16H32N2S/c1-12(2)15-7-5-6-8-16(15,11-17)18-9-10-19-14(4)13(18)3/h12-15H,5-11,17H2,1-4H3. The van der Waals surface area contributed by atoms with Crippen LogP contribution in [0.4, 0.5) is 0 Å². The van der Waals surface area contributed by atoms with Crippen molar-refractivity contribution in [3.63, 3.8) is 0 Å². The average molecular weight is 285 g/mol. The highest BCUT2D eigenvalue weighted by atomic mass is 32.2. The van der Waals surface area contributed by atoms with Crippen molar-refractivity contribution in [2.24, 2.45) is 17.6 Å². The summed E-state index contributed by atoms with van der Waals surface area (Å²) >= 11 is 2.13. The SMILES string of the molecule is CC(C)C1CCCCC1(CN)N1CCSC(C)C1C. The molecular weight excluding hydrogens is 252 g/mol. The second-order valence-corrected chi connectivity index (χ2v) is 8.40. The van der Waals surface area contributed by atoms with Crippen molar-refractivity contribution in [1.82, 2.24) is 4.90 Å². The molecule has 0 aromatic carbocycles. The van der Waals surface area contributed by atoms with E-state index < -0.39 is 0 Å². The number of rotatable bonds is 3. The van der Waals surface area contributed by atoms with Crippen LogP contribution in [0.25, 0.3) is 0 Å². The number of nitrogens with zero attached hydrogens (tertiary/aromatic N) is 1. The van der Waals surface area contributed by atoms with Gasteiger partial charge in [0.15, 0.2) is 0 Å². The van der Waals surface area contributed by atoms with E-state index >= 15 is 0 Å². The third-order valence-electron chi connectivity index (χ3n) is 5.68. The molecule has 1 heterocycles. The summed E-state index contributed by atoms with van der Waals surface area (Å²) in [6.45, 7) is 11.7. The van der Waals surface area contributed by atoms with E-state index in [4.69, 9.17) is 5.73 Å². The Hall–Kier alpha value is 0.270. The highest BCUT2D eigenvalue weighted by molar-refractivity contribution is 8.00. The van der Waals surface area contributed by atoms with E-state index in [9.17, 15) is 0 Å². The minimum atomic E-state index is 0.279. The van der Waals surface area contributed by atoms with Crippen LogP contribution < -0.4 is 5.73 Å². The zero-order valence-electron chi connectivity index (χ0n) is 13.2. The Morgan fingerprint density at radius 2 is 2.05 bits per heavy atom. The molecule has 2 aliphatic rings. The lowest BCUT2D eigenvalue weighted by Gasteiger charge is -2.57. The second kappa shape index (κ2) is 6.36. The van der Waals surface area contributed by atoms with Gasteiger partial charge in [-0.05, 0) is 31.6 Å². The molecule has 2 fully saturated rings. The summed E-state index contributed by atoms with van der Waals surface area (Å²) in [5.74, 6) is 2.81. The number of hydrogen-bond acceptors (Lipinski definition) is 3. The van der Waals surface area contributed by atoms with Crippen molar-refractivity contribution >= 4 is 11.8 Å². The maximum atomic E-state index is 6.36. The minimum absolute atomic E-state index is 0.279. The molecule has 4 unspecified atom stereocenters. The normalized spacial score (nSPS) is 41.7. The van der Waals surface area contributed by atoms with Crippen molar-refractivity contribution < 1.29 is 0 Å². The predicted molar refractivity (Wildman–Crippen MR) is 86.7 cm³/mol. The fourth-order valence-electron chi connectivity index (χ4n) is 4.49. The molecule has 0 bridgehead atoms. The van der Waals surface area contributed by atoms with Crippen LogP contribution in [-0.2, 0) is 0 Å². The van der Waals surface area contributed by atoms with Crippen LogP contribution in [0.15, 0.2) is 0 Å². The first-order valence-electron chi connectivity index (χ1n) is 8.11.